The van der Waals surface area contributed by atoms with Crippen molar-refractivity contribution in [3.05, 3.63) is 35.4 Å². The Balaban J connectivity index is 2.62. The Morgan fingerprint density at radius 1 is 1.38 bits per heavy atom. The van der Waals surface area contributed by atoms with E-state index in [1.165, 1.54) is 5.56 Å². The summed E-state index contributed by atoms with van der Waals surface area (Å²) in [5.74, 6) is -0.437. The maximum atomic E-state index is 11.5. The van der Waals surface area contributed by atoms with Crippen LogP contribution in [0.15, 0.2) is 24.3 Å². The van der Waals surface area contributed by atoms with Crippen LogP contribution in [0.3, 0.4) is 0 Å². The zero-order valence-electron chi connectivity index (χ0n) is 9.90. The number of carbonyl (C=O) groups is 1. The minimum atomic E-state index is -0.234. The summed E-state index contributed by atoms with van der Waals surface area (Å²) in [4.78, 5) is 11.5. The van der Waals surface area contributed by atoms with Crippen LogP contribution in [-0.4, -0.2) is 19.1 Å². The van der Waals surface area contributed by atoms with Crippen LogP contribution in [0.2, 0.25) is 0 Å². The van der Waals surface area contributed by atoms with Crippen LogP contribution in [0.5, 0.6) is 0 Å². The third kappa shape index (κ3) is 3.66. The lowest BCUT2D eigenvalue weighted by Crippen LogP contribution is -2.27. The molecule has 0 bridgehead atoms. The van der Waals surface area contributed by atoms with E-state index < -0.39 is 0 Å². The molecule has 1 aromatic rings. The van der Waals surface area contributed by atoms with Gasteiger partial charge in [0, 0.05) is 6.54 Å². The molecule has 0 saturated carbocycles. The quantitative estimate of drug-likeness (QED) is 0.770. The first-order valence-corrected chi connectivity index (χ1v) is 5.59. The van der Waals surface area contributed by atoms with Crippen molar-refractivity contribution in [3.8, 4) is 0 Å². The molecule has 0 spiro atoms. The first-order valence-electron chi connectivity index (χ1n) is 5.59. The number of nitrogens with two attached hydrogens (primary N) is 1. The predicted molar refractivity (Wildman–Crippen MR) is 64.1 cm³/mol. The van der Waals surface area contributed by atoms with E-state index in [0.29, 0.717) is 19.6 Å². The standard InChI is InChI=1S/C13H19NO2/c1-3-16-13(15)12(9-14)8-11-6-4-10(2)5-7-11/h4-7,12H,3,8-9,14H2,1-2H3. The minimum absolute atomic E-state index is 0.203. The highest BCUT2D eigenvalue weighted by Crippen LogP contribution is 2.11. The van der Waals surface area contributed by atoms with Crippen LogP contribution in [0, 0.1) is 12.8 Å². The van der Waals surface area contributed by atoms with E-state index in [9.17, 15) is 4.79 Å². The molecule has 16 heavy (non-hydrogen) atoms. The highest BCUT2D eigenvalue weighted by atomic mass is 16.5. The number of benzene rings is 1. The lowest BCUT2D eigenvalue weighted by molar-refractivity contribution is -0.147. The molecule has 0 aliphatic heterocycles. The van der Waals surface area contributed by atoms with Crippen molar-refractivity contribution < 1.29 is 9.53 Å². The molecule has 0 heterocycles. The smallest absolute Gasteiger partial charge is 0.310 e. The van der Waals surface area contributed by atoms with E-state index in [0.717, 1.165) is 5.56 Å². The van der Waals surface area contributed by atoms with E-state index in [1.54, 1.807) is 6.92 Å². The average Bonchev–Trinajstić information content (AvgIpc) is 2.28. The molecule has 0 aromatic heterocycles. The number of aryl methyl sites for hydroxylation is 1. The molecule has 1 unspecified atom stereocenters. The van der Waals surface area contributed by atoms with Gasteiger partial charge in [0.2, 0.25) is 0 Å². The predicted octanol–water partition coefficient (Wildman–Crippen LogP) is 1.68. The number of hydrogen-bond acceptors (Lipinski definition) is 3. The molecule has 0 amide bonds. The fourth-order valence-corrected chi connectivity index (χ4v) is 1.53. The zero-order chi connectivity index (χ0) is 12.0. The fourth-order valence-electron chi connectivity index (χ4n) is 1.53. The second-order valence-electron chi connectivity index (χ2n) is 3.87. The molecule has 3 nitrogen and oxygen atoms in total. The van der Waals surface area contributed by atoms with Crippen LogP contribution >= 0.6 is 0 Å². The zero-order valence-corrected chi connectivity index (χ0v) is 9.90. The lowest BCUT2D eigenvalue weighted by atomic mass is 9.99. The molecule has 0 fully saturated rings. The summed E-state index contributed by atoms with van der Waals surface area (Å²) in [6.07, 6.45) is 0.648. The van der Waals surface area contributed by atoms with Crippen LogP contribution in [-0.2, 0) is 16.0 Å². The third-order valence-electron chi connectivity index (χ3n) is 2.51. The molecule has 0 aliphatic carbocycles. The second kappa shape index (κ2) is 6.28. The third-order valence-corrected chi connectivity index (χ3v) is 2.51. The molecule has 3 heteroatoms. The topological polar surface area (TPSA) is 52.3 Å². The molecule has 0 saturated heterocycles. The molecule has 88 valence electrons. The molecule has 0 radical (unpaired) electrons. The Bertz CT molecular complexity index is 332. The average molecular weight is 221 g/mol. The van der Waals surface area contributed by atoms with Crippen LogP contribution < -0.4 is 5.73 Å². The maximum absolute atomic E-state index is 11.5. The van der Waals surface area contributed by atoms with Crippen molar-refractivity contribution in [2.45, 2.75) is 20.3 Å². The van der Waals surface area contributed by atoms with Crippen LogP contribution in [0.4, 0.5) is 0 Å². The number of carbonyl (C=O) groups excluding carboxylic acids is 1. The Labute approximate surface area is 96.6 Å². The first kappa shape index (κ1) is 12.7. The molecular weight excluding hydrogens is 202 g/mol. The Kier molecular flexibility index (Phi) is 4.99. The van der Waals surface area contributed by atoms with Crippen molar-refractivity contribution in [3.63, 3.8) is 0 Å². The van der Waals surface area contributed by atoms with Gasteiger partial charge in [-0.05, 0) is 25.8 Å². The van der Waals surface area contributed by atoms with Crippen molar-refractivity contribution in [1.82, 2.24) is 0 Å². The largest absolute Gasteiger partial charge is 0.466 e. The maximum Gasteiger partial charge on any atom is 0.310 e. The number of hydrogen-bond donors (Lipinski definition) is 1. The van der Waals surface area contributed by atoms with Crippen molar-refractivity contribution >= 4 is 5.97 Å². The second-order valence-corrected chi connectivity index (χ2v) is 3.87. The molecule has 1 atom stereocenters. The van der Waals surface area contributed by atoms with E-state index in [2.05, 4.69) is 0 Å². The van der Waals surface area contributed by atoms with E-state index in [1.807, 2.05) is 31.2 Å². The van der Waals surface area contributed by atoms with Crippen LogP contribution in [0.1, 0.15) is 18.1 Å². The van der Waals surface area contributed by atoms with Crippen molar-refractivity contribution in [2.24, 2.45) is 11.7 Å². The van der Waals surface area contributed by atoms with Gasteiger partial charge in [0.15, 0.2) is 0 Å². The summed E-state index contributed by atoms with van der Waals surface area (Å²) in [6, 6.07) is 8.12. The van der Waals surface area contributed by atoms with Gasteiger partial charge in [-0.1, -0.05) is 29.8 Å². The van der Waals surface area contributed by atoms with Gasteiger partial charge in [-0.3, -0.25) is 4.79 Å². The molecule has 0 aliphatic rings. The summed E-state index contributed by atoms with van der Waals surface area (Å²) >= 11 is 0. The lowest BCUT2D eigenvalue weighted by Gasteiger charge is -2.13. The van der Waals surface area contributed by atoms with Gasteiger partial charge in [-0.15, -0.1) is 0 Å². The molecule has 2 N–H and O–H groups in total. The van der Waals surface area contributed by atoms with Gasteiger partial charge in [-0.2, -0.15) is 0 Å². The summed E-state index contributed by atoms with van der Waals surface area (Å²) < 4.78 is 4.97. The van der Waals surface area contributed by atoms with Gasteiger partial charge in [0.25, 0.3) is 0 Å². The van der Waals surface area contributed by atoms with Crippen molar-refractivity contribution in [2.75, 3.05) is 13.2 Å². The summed E-state index contributed by atoms with van der Waals surface area (Å²) in [6.45, 7) is 4.57. The van der Waals surface area contributed by atoms with Crippen molar-refractivity contribution in [1.29, 1.82) is 0 Å². The Hall–Kier alpha value is -1.35. The summed E-state index contributed by atoms with van der Waals surface area (Å²) in [7, 11) is 0. The van der Waals surface area contributed by atoms with Crippen LogP contribution in [0.25, 0.3) is 0 Å². The minimum Gasteiger partial charge on any atom is -0.466 e. The molecule has 1 rings (SSSR count). The monoisotopic (exact) mass is 221 g/mol. The summed E-state index contributed by atoms with van der Waals surface area (Å²) in [5.41, 5.74) is 7.91. The molecular formula is C13H19NO2. The highest BCUT2D eigenvalue weighted by Gasteiger charge is 2.18. The SMILES string of the molecule is CCOC(=O)C(CN)Cc1ccc(C)cc1. The first-order chi connectivity index (χ1) is 7.67. The molecule has 1 aromatic carbocycles. The summed E-state index contributed by atoms with van der Waals surface area (Å²) in [5, 5.41) is 0. The van der Waals surface area contributed by atoms with Gasteiger partial charge in [0.1, 0.15) is 0 Å². The Morgan fingerprint density at radius 2 is 2.00 bits per heavy atom. The van der Waals surface area contributed by atoms with E-state index in [-0.39, 0.29) is 11.9 Å². The van der Waals surface area contributed by atoms with Gasteiger partial charge in [-0.25, -0.2) is 0 Å². The van der Waals surface area contributed by atoms with Gasteiger partial charge >= 0.3 is 5.97 Å². The Morgan fingerprint density at radius 3 is 2.50 bits per heavy atom. The van der Waals surface area contributed by atoms with Gasteiger partial charge < -0.3 is 10.5 Å². The highest BCUT2D eigenvalue weighted by molar-refractivity contribution is 5.73. The van der Waals surface area contributed by atoms with E-state index in [4.69, 9.17) is 10.5 Å². The van der Waals surface area contributed by atoms with E-state index >= 15 is 0 Å². The fraction of sp³-hybridized carbons (Fsp3) is 0.462. The number of ether oxygens (including phenoxy) is 1. The number of esters is 1. The number of rotatable bonds is 5. The van der Waals surface area contributed by atoms with Gasteiger partial charge in [0.05, 0.1) is 12.5 Å². The normalized spacial score (nSPS) is 12.2.